The highest BCUT2D eigenvalue weighted by Gasteiger charge is 2.46. The van der Waals surface area contributed by atoms with Crippen LogP contribution in [0.4, 0.5) is 0 Å². The first-order chi connectivity index (χ1) is 9.46. The van der Waals surface area contributed by atoms with Crippen molar-refractivity contribution in [2.75, 3.05) is 18.1 Å². The van der Waals surface area contributed by atoms with Crippen LogP contribution in [0.15, 0.2) is 0 Å². The van der Waals surface area contributed by atoms with Crippen molar-refractivity contribution in [2.24, 2.45) is 0 Å². The molecule has 0 saturated carbocycles. The normalized spacial score (nSPS) is 19.2. The minimum Gasteiger partial charge on any atom is -0.394 e. The van der Waals surface area contributed by atoms with E-state index >= 15 is 0 Å². The first-order valence-electron chi connectivity index (χ1n) is 6.22. The molecular formula is C10H22O9S2. The third-order valence-corrected chi connectivity index (χ3v) is 8.41. The van der Waals surface area contributed by atoms with Crippen molar-refractivity contribution >= 4 is 19.7 Å². The molecule has 0 aromatic carbocycles. The molecule has 0 radical (unpaired) electrons. The molecule has 0 saturated heterocycles. The first-order valence-corrected chi connectivity index (χ1v) is 9.65. The van der Waals surface area contributed by atoms with Gasteiger partial charge in [0.05, 0.1) is 6.61 Å². The monoisotopic (exact) mass is 350 g/mol. The van der Waals surface area contributed by atoms with Gasteiger partial charge in [-0.2, -0.15) is 0 Å². The number of hydrogen-bond donors (Lipinski definition) is 5. The van der Waals surface area contributed by atoms with Crippen molar-refractivity contribution in [1.82, 2.24) is 0 Å². The summed E-state index contributed by atoms with van der Waals surface area (Å²) in [5, 5.41) is 46.8. The Bertz CT molecular complexity index is 479. The molecular weight excluding hydrogens is 328 g/mol. The van der Waals surface area contributed by atoms with Crippen molar-refractivity contribution in [1.29, 1.82) is 0 Å². The molecule has 128 valence electrons. The fraction of sp³-hybridized carbons (Fsp3) is 1.00. The molecule has 0 aliphatic carbocycles. The summed E-state index contributed by atoms with van der Waals surface area (Å²) in [6.07, 6.45) is -8.59. The van der Waals surface area contributed by atoms with Gasteiger partial charge < -0.3 is 25.5 Å². The zero-order chi connectivity index (χ0) is 17.0. The predicted molar refractivity (Wildman–Crippen MR) is 73.8 cm³/mol. The SMILES string of the molecule is CCS(=O)(=O)C([C@@H](O)[C@H](O)[C@H](O)[C@H](O)CO)S(=O)(=O)CC. The minimum absolute atomic E-state index is 0.598. The molecule has 4 atom stereocenters. The van der Waals surface area contributed by atoms with Crippen LogP contribution in [0.3, 0.4) is 0 Å². The van der Waals surface area contributed by atoms with E-state index < -0.39 is 66.8 Å². The Hall–Kier alpha value is -0.300. The highest BCUT2D eigenvalue weighted by Crippen LogP contribution is 2.21. The first kappa shape index (κ1) is 20.7. The van der Waals surface area contributed by atoms with Gasteiger partial charge in [-0.05, 0) is 0 Å². The number of sulfone groups is 2. The maximum absolute atomic E-state index is 11.9. The zero-order valence-electron chi connectivity index (χ0n) is 11.7. The number of hydrogen-bond acceptors (Lipinski definition) is 9. The summed E-state index contributed by atoms with van der Waals surface area (Å²) in [6, 6.07) is 0. The second-order valence-corrected chi connectivity index (χ2v) is 9.61. The molecule has 0 aliphatic rings. The largest absolute Gasteiger partial charge is 0.394 e. The summed E-state index contributed by atoms with van der Waals surface area (Å²) in [5.74, 6) is -1.20. The Labute approximate surface area is 123 Å². The molecule has 9 nitrogen and oxygen atoms in total. The summed E-state index contributed by atoms with van der Waals surface area (Å²) in [6.45, 7) is 1.38. The van der Waals surface area contributed by atoms with Gasteiger partial charge in [-0.3, -0.25) is 0 Å². The van der Waals surface area contributed by atoms with Crippen LogP contribution in [-0.4, -0.2) is 89.5 Å². The lowest BCUT2D eigenvalue weighted by atomic mass is 10.0. The molecule has 0 aromatic heterocycles. The summed E-state index contributed by atoms with van der Waals surface area (Å²) >= 11 is 0. The van der Waals surface area contributed by atoms with E-state index in [0.717, 1.165) is 0 Å². The topological polar surface area (TPSA) is 169 Å². The maximum atomic E-state index is 11.9. The van der Waals surface area contributed by atoms with Gasteiger partial charge in [-0.1, -0.05) is 13.8 Å². The predicted octanol–water partition coefficient (Wildman–Crippen LogP) is -3.38. The van der Waals surface area contributed by atoms with Crippen molar-refractivity contribution in [3.8, 4) is 0 Å². The van der Waals surface area contributed by atoms with E-state index in [1.54, 1.807) is 0 Å². The van der Waals surface area contributed by atoms with E-state index in [0.29, 0.717) is 0 Å². The molecule has 21 heavy (non-hydrogen) atoms. The third-order valence-electron chi connectivity index (χ3n) is 3.07. The molecule has 0 rings (SSSR count). The van der Waals surface area contributed by atoms with Gasteiger partial charge in [0.15, 0.2) is 24.3 Å². The fourth-order valence-electron chi connectivity index (χ4n) is 1.68. The number of rotatable bonds is 9. The van der Waals surface area contributed by atoms with Gasteiger partial charge in [0.1, 0.15) is 24.4 Å². The van der Waals surface area contributed by atoms with E-state index in [9.17, 15) is 37.3 Å². The van der Waals surface area contributed by atoms with E-state index in [2.05, 4.69) is 0 Å². The highest BCUT2D eigenvalue weighted by atomic mass is 32.3. The second kappa shape index (κ2) is 7.81. The van der Waals surface area contributed by atoms with Crippen LogP contribution in [0.5, 0.6) is 0 Å². The smallest absolute Gasteiger partial charge is 0.191 e. The molecule has 0 bridgehead atoms. The summed E-state index contributed by atoms with van der Waals surface area (Å²) < 4.78 is 45.2. The second-order valence-electron chi connectivity index (χ2n) is 4.49. The van der Waals surface area contributed by atoms with E-state index in [1.807, 2.05) is 0 Å². The molecule has 0 fully saturated rings. The quantitative estimate of drug-likeness (QED) is 0.285. The fourth-order valence-corrected chi connectivity index (χ4v) is 6.11. The highest BCUT2D eigenvalue weighted by molar-refractivity contribution is 8.09. The van der Waals surface area contributed by atoms with Crippen molar-refractivity contribution in [3.05, 3.63) is 0 Å². The van der Waals surface area contributed by atoms with Crippen LogP contribution in [0.2, 0.25) is 0 Å². The van der Waals surface area contributed by atoms with Crippen LogP contribution in [0, 0.1) is 0 Å². The molecule has 0 amide bonds. The van der Waals surface area contributed by atoms with Gasteiger partial charge in [0.25, 0.3) is 0 Å². The lowest BCUT2D eigenvalue weighted by molar-refractivity contribution is -0.111. The average Bonchev–Trinajstić information content (AvgIpc) is 2.44. The molecule has 0 aliphatic heterocycles. The summed E-state index contributed by atoms with van der Waals surface area (Å²) in [5.41, 5.74) is 0. The van der Waals surface area contributed by atoms with Gasteiger partial charge in [0, 0.05) is 11.5 Å². The van der Waals surface area contributed by atoms with Crippen LogP contribution in [0.25, 0.3) is 0 Å². The van der Waals surface area contributed by atoms with E-state index in [4.69, 9.17) is 5.11 Å². The van der Waals surface area contributed by atoms with Gasteiger partial charge in [-0.25, -0.2) is 16.8 Å². The molecule has 0 unspecified atom stereocenters. The van der Waals surface area contributed by atoms with Crippen LogP contribution in [-0.2, 0) is 19.7 Å². The number of aliphatic hydroxyl groups excluding tert-OH is 5. The Morgan fingerprint density at radius 3 is 1.43 bits per heavy atom. The average molecular weight is 350 g/mol. The maximum Gasteiger partial charge on any atom is 0.191 e. The lowest BCUT2D eigenvalue weighted by Crippen LogP contribution is -2.54. The van der Waals surface area contributed by atoms with Crippen molar-refractivity contribution in [2.45, 2.75) is 42.8 Å². The van der Waals surface area contributed by atoms with Crippen molar-refractivity contribution < 1.29 is 42.4 Å². The van der Waals surface area contributed by atoms with E-state index in [1.165, 1.54) is 13.8 Å². The van der Waals surface area contributed by atoms with E-state index in [-0.39, 0.29) is 0 Å². The standard InChI is InChI=1S/C10H22O9S2/c1-3-20(16,17)10(21(18,19)4-2)9(15)8(14)7(13)6(12)5-11/h6-15H,3-5H2,1-2H3/t6-,7-,8-,9+/m1/s1. The third kappa shape index (κ3) is 4.84. The van der Waals surface area contributed by atoms with Gasteiger partial charge >= 0.3 is 0 Å². The lowest BCUT2D eigenvalue weighted by Gasteiger charge is -2.30. The molecule has 0 heterocycles. The minimum atomic E-state index is -4.29. The molecule has 11 heteroatoms. The molecule has 5 N–H and O–H groups in total. The van der Waals surface area contributed by atoms with Gasteiger partial charge in [0.2, 0.25) is 0 Å². The van der Waals surface area contributed by atoms with Crippen LogP contribution in [0.1, 0.15) is 13.8 Å². The van der Waals surface area contributed by atoms with Gasteiger partial charge in [-0.15, -0.1) is 0 Å². The Morgan fingerprint density at radius 1 is 0.762 bits per heavy atom. The van der Waals surface area contributed by atoms with Crippen molar-refractivity contribution in [3.63, 3.8) is 0 Å². The Kier molecular flexibility index (Phi) is 7.70. The van der Waals surface area contributed by atoms with Crippen LogP contribution < -0.4 is 0 Å². The molecule has 0 aromatic rings. The Balaban J connectivity index is 5.67. The van der Waals surface area contributed by atoms with Crippen LogP contribution >= 0.6 is 0 Å². The Morgan fingerprint density at radius 2 is 1.14 bits per heavy atom. The zero-order valence-corrected chi connectivity index (χ0v) is 13.3. The summed E-state index contributed by atoms with van der Waals surface area (Å²) in [4.78, 5) is 0. The molecule has 0 spiro atoms. The number of aliphatic hydroxyl groups is 5. The summed E-state index contributed by atoms with van der Waals surface area (Å²) in [7, 11) is -8.59.